The Hall–Kier alpha value is -0.120. The number of hydrogen-bond donors (Lipinski definition) is 1. The predicted octanol–water partition coefficient (Wildman–Crippen LogP) is 2.82. The van der Waals surface area contributed by atoms with E-state index in [-0.39, 0.29) is 0 Å². The van der Waals surface area contributed by atoms with Crippen molar-refractivity contribution in [3.8, 4) is 0 Å². The van der Waals surface area contributed by atoms with Crippen LogP contribution in [0.2, 0.25) is 0 Å². The van der Waals surface area contributed by atoms with Gasteiger partial charge in [0.15, 0.2) is 0 Å². The molecule has 0 spiro atoms. The first-order valence-electron chi connectivity index (χ1n) is 9.29. The summed E-state index contributed by atoms with van der Waals surface area (Å²) < 4.78 is 0. The fourth-order valence-electron chi connectivity index (χ4n) is 4.24. The van der Waals surface area contributed by atoms with Crippen LogP contribution in [0.15, 0.2) is 0 Å². The van der Waals surface area contributed by atoms with Crippen LogP contribution < -0.4 is 5.32 Å². The molecule has 1 saturated heterocycles. The van der Waals surface area contributed by atoms with Crippen LogP contribution in [0.1, 0.15) is 51.9 Å². The van der Waals surface area contributed by atoms with Crippen molar-refractivity contribution in [1.29, 1.82) is 0 Å². The zero-order valence-corrected chi connectivity index (χ0v) is 14.6. The van der Waals surface area contributed by atoms with Gasteiger partial charge in [0, 0.05) is 12.6 Å². The molecule has 1 N–H and O–H groups in total. The Labute approximate surface area is 132 Å². The van der Waals surface area contributed by atoms with Crippen molar-refractivity contribution in [3.63, 3.8) is 0 Å². The highest BCUT2D eigenvalue weighted by atomic mass is 15.1. The fourth-order valence-corrected chi connectivity index (χ4v) is 4.24. The van der Waals surface area contributed by atoms with E-state index < -0.39 is 0 Å². The van der Waals surface area contributed by atoms with Gasteiger partial charge in [-0.05, 0) is 90.6 Å². The molecular weight excluding hydrogens is 258 g/mol. The first-order valence-corrected chi connectivity index (χ1v) is 9.29. The first-order chi connectivity index (χ1) is 10.2. The van der Waals surface area contributed by atoms with Crippen LogP contribution in [0.4, 0.5) is 0 Å². The molecule has 1 aliphatic carbocycles. The predicted molar refractivity (Wildman–Crippen MR) is 91.8 cm³/mol. The Morgan fingerprint density at radius 2 is 1.86 bits per heavy atom. The third kappa shape index (κ3) is 5.88. The molecule has 2 rings (SSSR count). The third-order valence-corrected chi connectivity index (χ3v) is 5.46. The van der Waals surface area contributed by atoms with Gasteiger partial charge in [0.25, 0.3) is 0 Å². The van der Waals surface area contributed by atoms with Crippen LogP contribution in [0.25, 0.3) is 0 Å². The largest absolute Gasteiger partial charge is 0.314 e. The second kappa shape index (κ2) is 9.12. The summed E-state index contributed by atoms with van der Waals surface area (Å²) in [6.07, 6.45) is 9.80. The molecule has 21 heavy (non-hydrogen) atoms. The maximum Gasteiger partial charge on any atom is 0.00958 e. The van der Waals surface area contributed by atoms with E-state index >= 15 is 0 Å². The quantitative estimate of drug-likeness (QED) is 0.743. The maximum absolute atomic E-state index is 3.77. The van der Waals surface area contributed by atoms with Gasteiger partial charge in [0.05, 0.1) is 0 Å². The SMILES string of the molecule is CCCNC1CCCC1CCN1CCC(CN(C)C)CC1. The second-order valence-corrected chi connectivity index (χ2v) is 7.59. The van der Waals surface area contributed by atoms with Crippen molar-refractivity contribution >= 4 is 0 Å². The lowest BCUT2D eigenvalue weighted by Crippen LogP contribution is -2.39. The van der Waals surface area contributed by atoms with Crippen LogP contribution in [-0.4, -0.2) is 62.7 Å². The van der Waals surface area contributed by atoms with Crippen molar-refractivity contribution in [1.82, 2.24) is 15.1 Å². The summed E-state index contributed by atoms with van der Waals surface area (Å²) in [6.45, 7) is 8.76. The monoisotopic (exact) mass is 295 g/mol. The molecule has 2 aliphatic rings. The highest BCUT2D eigenvalue weighted by molar-refractivity contribution is 4.84. The average molecular weight is 296 g/mol. The van der Waals surface area contributed by atoms with Crippen molar-refractivity contribution in [3.05, 3.63) is 0 Å². The molecule has 1 heterocycles. The maximum atomic E-state index is 3.77. The summed E-state index contributed by atoms with van der Waals surface area (Å²) in [5.41, 5.74) is 0. The molecule has 0 bridgehead atoms. The van der Waals surface area contributed by atoms with Crippen LogP contribution in [0.3, 0.4) is 0 Å². The summed E-state index contributed by atoms with van der Waals surface area (Å²) in [4.78, 5) is 5.07. The average Bonchev–Trinajstić information content (AvgIpc) is 2.91. The van der Waals surface area contributed by atoms with Crippen LogP contribution >= 0.6 is 0 Å². The summed E-state index contributed by atoms with van der Waals surface area (Å²) in [6, 6.07) is 0.816. The van der Waals surface area contributed by atoms with Crippen molar-refractivity contribution in [2.45, 2.75) is 57.9 Å². The molecule has 0 aromatic heterocycles. The van der Waals surface area contributed by atoms with Crippen LogP contribution in [0, 0.1) is 11.8 Å². The van der Waals surface area contributed by atoms with E-state index in [2.05, 4.69) is 36.1 Å². The third-order valence-electron chi connectivity index (χ3n) is 5.46. The van der Waals surface area contributed by atoms with Crippen molar-refractivity contribution < 1.29 is 0 Å². The van der Waals surface area contributed by atoms with E-state index in [1.54, 1.807) is 0 Å². The normalized spacial score (nSPS) is 28.6. The molecular formula is C18H37N3. The Bertz CT molecular complexity index is 272. The van der Waals surface area contributed by atoms with Gasteiger partial charge in [-0.3, -0.25) is 0 Å². The summed E-state index contributed by atoms with van der Waals surface area (Å²) in [7, 11) is 4.41. The molecule has 1 saturated carbocycles. The molecule has 0 amide bonds. The number of nitrogens with zero attached hydrogens (tertiary/aromatic N) is 2. The molecule has 0 aromatic rings. The number of likely N-dealkylation sites (tertiary alicyclic amines) is 1. The van der Waals surface area contributed by atoms with Gasteiger partial charge in [-0.2, -0.15) is 0 Å². The van der Waals surface area contributed by atoms with Gasteiger partial charge < -0.3 is 15.1 Å². The van der Waals surface area contributed by atoms with E-state index in [4.69, 9.17) is 0 Å². The lowest BCUT2D eigenvalue weighted by Gasteiger charge is -2.34. The van der Waals surface area contributed by atoms with Gasteiger partial charge >= 0.3 is 0 Å². The van der Waals surface area contributed by atoms with E-state index in [0.29, 0.717) is 0 Å². The first kappa shape index (κ1) is 17.2. The smallest absolute Gasteiger partial charge is 0.00958 e. The summed E-state index contributed by atoms with van der Waals surface area (Å²) in [5.74, 6) is 1.87. The van der Waals surface area contributed by atoms with Crippen molar-refractivity contribution in [2.75, 3.05) is 46.8 Å². The molecule has 124 valence electrons. The van der Waals surface area contributed by atoms with E-state index in [9.17, 15) is 0 Å². The molecule has 0 radical (unpaired) electrons. The highest BCUT2D eigenvalue weighted by Crippen LogP contribution is 2.29. The summed E-state index contributed by atoms with van der Waals surface area (Å²) in [5, 5.41) is 3.77. The lowest BCUT2D eigenvalue weighted by atomic mass is 9.94. The minimum atomic E-state index is 0.816. The second-order valence-electron chi connectivity index (χ2n) is 7.59. The fraction of sp³-hybridized carbons (Fsp3) is 1.00. The number of nitrogens with one attached hydrogen (secondary N) is 1. The highest BCUT2D eigenvalue weighted by Gasteiger charge is 2.27. The van der Waals surface area contributed by atoms with E-state index in [0.717, 1.165) is 17.9 Å². The Kier molecular flexibility index (Phi) is 7.48. The zero-order chi connectivity index (χ0) is 15.1. The molecule has 3 heteroatoms. The van der Waals surface area contributed by atoms with Gasteiger partial charge in [0.1, 0.15) is 0 Å². The van der Waals surface area contributed by atoms with Crippen LogP contribution in [0.5, 0.6) is 0 Å². The minimum Gasteiger partial charge on any atom is -0.314 e. The molecule has 2 unspecified atom stereocenters. The van der Waals surface area contributed by atoms with E-state index in [1.165, 1.54) is 77.7 Å². The number of piperidine rings is 1. The topological polar surface area (TPSA) is 18.5 Å². The van der Waals surface area contributed by atoms with Gasteiger partial charge in [-0.1, -0.05) is 13.3 Å². The molecule has 2 fully saturated rings. The summed E-state index contributed by atoms with van der Waals surface area (Å²) >= 11 is 0. The number of hydrogen-bond acceptors (Lipinski definition) is 3. The zero-order valence-electron chi connectivity index (χ0n) is 14.6. The molecule has 1 aliphatic heterocycles. The molecule has 2 atom stereocenters. The number of rotatable bonds is 8. The Morgan fingerprint density at radius 3 is 2.52 bits per heavy atom. The molecule has 3 nitrogen and oxygen atoms in total. The lowest BCUT2D eigenvalue weighted by molar-refractivity contribution is 0.152. The minimum absolute atomic E-state index is 0.816. The van der Waals surface area contributed by atoms with E-state index in [1.807, 2.05) is 0 Å². The Morgan fingerprint density at radius 1 is 1.10 bits per heavy atom. The molecule has 0 aromatic carbocycles. The standard InChI is InChI=1S/C18H37N3/c1-4-11-19-18-7-5-6-17(18)10-14-21-12-8-16(9-13-21)15-20(2)3/h16-19H,4-15H2,1-3H3. The Balaban J connectivity index is 1.62. The van der Waals surface area contributed by atoms with Crippen LogP contribution in [-0.2, 0) is 0 Å². The van der Waals surface area contributed by atoms with Gasteiger partial charge in [0.2, 0.25) is 0 Å². The van der Waals surface area contributed by atoms with Gasteiger partial charge in [-0.25, -0.2) is 0 Å². The van der Waals surface area contributed by atoms with Gasteiger partial charge in [-0.15, -0.1) is 0 Å². The van der Waals surface area contributed by atoms with Crippen molar-refractivity contribution in [2.24, 2.45) is 11.8 Å².